The summed E-state index contributed by atoms with van der Waals surface area (Å²) in [6.07, 6.45) is 1.08. The summed E-state index contributed by atoms with van der Waals surface area (Å²) in [6, 6.07) is 9.98. The van der Waals surface area contributed by atoms with E-state index in [4.69, 9.17) is 9.15 Å². The third-order valence-corrected chi connectivity index (χ3v) is 3.81. The molecule has 124 valence electrons. The van der Waals surface area contributed by atoms with Gasteiger partial charge < -0.3 is 14.5 Å². The van der Waals surface area contributed by atoms with Gasteiger partial charge in [-0.3, -0.25) is 19.3 Å². The number of carbonyl (C=O) groups is 3. The van der Waals surface area contributed by atoms with Gasteiger partial charge in [0.15, 0.2) is 0 Å². The predicted octanol–water partition coefficient (Wildman–Crippen LogP) is 1.38. The maximum atomic E-state index is 12.2. The summed E-state index contributed by atoms with van der Waals surface area (Å²) in [6.45, 7) is -0.160. The van der Waals surface area contributed by atoms with Crippen LogP contribution in [0, 0.1) is 0 Å². The first kappa shape index (κ1) is 15.9. The van der Waals surface area contributed by atoms with Gasteiger partial charge in [0, 0.05) is 7.11 Å². The highest BCUT2D eigenvalue weighted by Gasteiger charge is 2.36. The second-order valence-corrected chi connectivity index (χ2v) is 5.29. The summed E-state index contributed by atoms with van der Waals surface area (Å²) in [5, 5.41) is 2.65. The molecule has 2 heterocycles. The van der Waals surface area contributed by atoms with E-state index in [0.717, 1.165) is 4.90 Å². The topological polar surface area (TPSA) is 88.9 Å². The smallest absolute Gasteiger partial charge is 0.262 e. The largest absolute Gasteiger partial charge is 0.467 e. The highest BCUT2D eigenvalue weighted by atomic mass is 16.5. The number of rotatable bonds is 6. The first-order valence-corrected chi connectivity index (χ1v) is 7.40. The molecule has 1 aliphatic heterocycles. The van der Waals surface area contributed by atoms with Gasteiger partial charge in [-0.1, -0.05) is 12.1 Å². The molecule has 1 aromatic heterocycles. The fourth-order valence-corrected chi connectivity index (χ4v) is 2.56. The zero-order valence-electron chi connectivity index (χ0n) is 13.0. The van der Waals surface area contributed by atoms with Crippen LogP contribution in [0.1, 0.15) is 32.6 Å². The number of furan rings is 1. The number of amides is 3. The maximum absolute atomic E-state index is 12.2. The SMILES string of the molecule is COC(CNC(=O)CN1C(=O)c2ccccc2C1=O)c1ccco1. The van der Waals surface area contributed by atoms with Crippen molar-refractivity contribution in [2.45, 2.75) is 6.10 Å². The molecule has 3 rings (SSSR count). The molecule has 7 nitrogen and oxygen atoms in total. The predicted molar refractivity (Wildman–Crippen MR) is 83.3 cm³/mol. The summed E-state index contributed by atoms with van der Waals surface area (Å²) in [5.41, 5.74) is 0.640. The number of fused-ring (bicyclic) bond motifs is 1. The van der Waals surface area contributed by atoms with Crippen molar-refractivity contribution in [3.05, 3.63) is 59.5 Å². The zero-order chi connectivity index (χ0) is 17.1. The lowest BCUT2D eigenvalue weighted by molar-refractivity contribution is -0.122. The number of ether oxygens (including phenoxy) is 1. The lowest BCUT2D eigenvalue weighted by Crippen LogP contribution is -2.41. The van der Waals surface area contributed by atoms with Crippen molar-refractivity contribution in [2.75, 3.05) is 20.2 Å². The van der Waals surface area contributed by atoms with Crippen molar-refractivity contribution in [1.82, 2.24) is 10.2 Å². The number of imide groups is 1. The molecular weight excluding hydrogens is 312 g/mol. The van der Waals surface area contributed by atoms with E-state index in [1.54, 1.807) is 36.4 Å². The average Bonchev–Trinajstić information content (AvgIpc) is 3.20. The van der Waals surface area contributed by atoms with E-state index in [0.29, 0.717) is 16.9 Å². The Balaban J connectivity index is 1.60. The molecule has 0 radical (unpaired) electrons. The van der Waals surface area contributed by atoms with Gasteiger partial charge in [0.2, 0.25) is 5.91 Å². The number of benzene rings is 1. The molecule has 0 saturated heterocycles. The Morgan fingerprint density at radius 2 is 1.83 bits per heavy atom. The van der Waals surface area contributed by atoms with Crippen molar-refractivity contribution in [2.24, 2.45) is 0 Å². The molecule has 0 fully saturated rings. The first-order valence-electron chi connectivity index (χ1n) is 7.40. The molecule has 1 aliphatic rings. The van der Waals surface area contributed by atoms with Crippen molar-refractivity contribution in [3.63, 3.8) is 0 Å². The van der Waals surface area contributed by atoms with E-state index in [1.165, 1.54) is 13.4 Å². The molecular formula is C17H16N2O5. The average molecular weight is 328 g/mol. The van der Waals surface area contributed by atoms with Crippen LogP contribution in [0.3, 0.4) is 0 Å². The van der Waals surface area contributed by atoms with Gasteiger partial charge in [-0.2, -0.15) is 0 Å². The molecule has 2 aromatic rings. The Hall–Kier alpha value is -2.93. The highest BCUT2D eigenvalue weighted by molar-refractivity contribution is 6.22. The second kappa shape index (κ2) is 6.67. The van der Waals surface area contributed by atoms with Crippen LogP contribution in [0.5, 0.6) is 0 Å². The van der Waals surface area contributed by atoms with Crippen LogP contribution >= 0.6 is 0 Å². The van der Waals surface area contributed by atoms with E-state index in [1.807, 2.05) is 0 Å². The number of hydrogen-bond acceptors (Lipinski definition) is 5. The molecule has 1 aromatic carbocycles. The molecule has 7 heteroatoms. The quantitative estimate of drug-likeness (QED) is 0.809. The number of hydrogen-bond donors (Lipinski definition) is 1. The fraction of sp³-hybridized carbons (Fsp3) is 0.235. The van der Waals surface area contributed by atoms with Crippen LogP contribution in [-0.4, -0.2) is 42.8 Å². The van der Waals surface area contributed by atoms with Crippen molar-refractivity contribution < 1.29 is 23.5 Å². The summed E-state index contributed by atoms with van der Waals surface area (Å²) in [5.74, 6) is -0.781. The summed E-state index contributed by atoms with van der Waals surface area (Å²) in [4.78, 5) is 37.4. The van der Waals surface area contributed by atoms with Gasteiger partial charge in [0.05, 0.1) is 23.9 Å². The van der Waals surface area contributed by atoms with E-state index in [-0.39, 0.29) is 13.1 Å². The monoisotopic (exact) mass is 328 g/mol. The standard InChI is InChI=1S/C17H16N2O5/c1-23-14(13-7-4-8-24-13)9-18-15(20)10-19-16(21)11-5-2-3-6-12(11)17(19)22/h2-8,14H,9-10H2,1H3,(H,18,20). The lowest BCUT2D eigenvalue weighted by atomic mass is 10.1. The number of nitrogens with one attached hydrogen (secondary N) is 1. The summed E-state index contributed by atoms with van der Waals surface area (Å²) >= 11 is 0. The van der Waals surface area contributed by atoms with E-state index in [2.05, 4.69) is 5.32 Å². The number of methoxy groups -OCH3 is 1. The molecule has 1 atom stereocenters. The third-order valence-electron chi connectivity index (χ3n) is 3.81. The van der Waals surface area contributed by atoms with Gasteiger partial charge in [-0.05, 0) is 24.3 Å². The molecule has 24 heavy (non-hydrogen) atoms. The highest BCUT2D eigenvalue weighted by Crippen LogP contribution is 2.22. The Morgan fingerprint density at radius 1 is 1.17 bits per heavy atom. The Morgan fingerprint density at radius 3 is 2.38 bits per heavy atom. The molecule has 0 saturated carbocycles. The van der Waals surface area contributed by atoms with E-state index in [9.17, 15) is 14.4 Å². The number of nitrogens with zero attached hydrogens (tertiary/aromatic N) is 1. The van der Waals surface area contributed by atoms with Gasteiger partial charge in [0.1, 0.15) is 18.4 Å². The van der Waals surface area contributed by atoms with Crippen LogP contribution in [0.2, 0.25) is 0 Å². The van der Waals surface area contributed by atoms with Crippen molar-refractivity contribution in [3.8, 4) is 0 Å². The maximum Gasteiger partial charge on any atom is 0.262 e. The Bertz CT molecular complexity index is 734. The summed E-state index contributed by atoms with van der Waals surface area (Å²) < 4.78 is 10.5. The minimum atomic E-state index is -0.458. The molecule has 0 aliphatic carbocycles. The minimum absolute atomic E-state index is 0.173. The number of carbonyl (C=O) groups excluding carboxylic acids is 3. The Kier molecular flexibility index (Phi) is 4.43. The fourth-order valence-electron chi connectivity index (χ4n) is 2.56. The Labute approximate surface area is 138 Å². The third kappa shape index (κ3) is 2.93. The van der Waals surface area contributed by atoms with Gasteiger partial charge in [-0.25, -0.2) is 0 Å². The van der Waals surface area contributed by atoms with Gasteiger partial charge in [-0.15, -0.1) is 0 Å². The van der Waals surface area contributed by atoms with E-state index < -0.39 is 23.8 Å². The van der Waals surface area contributed by atoms with Gasteiger partial charge >= 0.3 is 0 Å². The van der Waals surface area contributed by atoms with Crippen LogP contribution in [0.4, 0.5) is 0 Å². The first-order chi connectivity index (χ1) is 11.6. The molecule has 0 spiro atoms. The zero-order valence-corrected chi connectivity index (χ0v) is 13.0. The van der Waals surface area contributed by atoms with Gasteiger partial charge in [0.25, 0.3) is 11.8 Å². The van der Waals surface area contributed by atoms with Crippen LogP contribution < -0.4 is 5.32 Å². The van der Waals surface area contributed by atoms with E-state index >= 15 is 0 Å². The summed E-state index contributed by atoms with van der Waals surface area (Å²) in [7, 11) is 1.50. The molecule has 3 amide bonds. The second-order valence-electron chi connectivity index (χ2n) is 5.29. The van der Waals surface area contributed by atoms with Crippen molar-refractivity contribution >= 4 is 17.7 Å². The normalized spacial score (nSPS) is 14.6. The van der Waals surface area contributed by atoms with Crippen LogP contribution in [-0.2, 0) is 9.53 Å². The molecule has 1 unspecified atom stereocenters. The molecule has 1 N–H and O–H groups in total. The molecule has 0 bridgehead atoms. The van der Waals surface area contributed by atoms with Crippen molar-refractivity contribution in [1.29, 1.82) is 0 Å². The lowest BCUT2D eigenvalue weighted by Gasteiger charge is -2.16. The van der Waals surface area contributed by atoms with Crippen LogP contribution in [0.15, 0.2) is 47.1 Å². The van der Waals surface area contributed by atoms with Crippen LogP contribution in [0.25, 0.3) is 0 Å². The minimum Gasteiger partial charge on any atom is -0.467 e.